The summed E-state index contributed by atoms with van der Waals surface area (Å²) in [6, 6.07) is 22.0. The van der Waals surface area contributed by atoms with Crippen molar-refractivity contribution in [2.45, 2.75) is 32.7 Å². The van der Waals surface area contributed by atoms with Crippen LogP contribution in [0, 0.1) is 16.7 Å². The highest BCUT2D eigenvalue weighted by atomic mass is 16.5. The van der Waals surface area contributed by atoms with Gasteiger partial charge in [-0.1, -0.05) is 68.4 Å². The number of para-hydroxylation sites is 1. The number of benzene rings is 3. The van der Waals surface area contributed by atoms with Crippen molar-refractivity contribution in [1.29, 1.82) is 5.26 Å². The van der Waals surface area contributed by atoms with Crippen LogP contribution in [0.1, 0.15) is 43.9 Å². The molecule has 4 nitrogen and oxygen atoms in total. The SMILES string of the molecule is CC1(C)CC(=O)C2=C(C1)c1ccc3ccccc3c1N[C@@H]2c1ccccc1OCC#N. The molecule has 3 aromatic carbocycles. The molecule has 2 aliphatic rings. The molecule has 0 unspecified atom stereocenters. The average Bonchev–Trinajstić information content (AvgIpc) is 2.76. The number of allylic oxidation sites excluding steroid dienone is 1. The molecule has 0 radical (unpaired) electrons. The number of nitrogens with zero attached hydrogens (tertiary/aromatic N) is 1. The van der Waals surface area contributed by atoms with Gasteiger partial charge in [-0.25, -0.2) is 0 Å². The zero-order valence-electron chi connectivity index (χ0n) is 17.7. The summed E-state index contributed by atoms with van der Waals surface area (Å²) in [6.45, 7) is 4.29. The number of anilines is 1. The molecule has 154 valence electrons. The van der Waals surface area contributed by atoms with E-state index >= 15 is 0 Å². The van der Waals surface area contributed by atoms with Crippen molar-refractivity contribution < 1.29 is 9.53 Å². The number of nitrogens with one attached hydrogen (secondary N) is 1. The van der Waals surface area contributed by atoms with Crippen molar-refractivity contribution in [2.75, 3.05) is 11.9 Å². The summed E-state index contributed by atoms with van der Waals surface area (Å²) in [5.41, 5.74) is 4.93. The van der Waals surface area contributed by atoms with Crippen molar-refractivity contribution in [3.63, 3.8) is 0 Å². The second-order valence-electron chi connectivity index (χ2n) is 9.10. The molecule has 0 amide bonds. The molecule has 1 N–H and O–H groups in total. The van der Waals surface area contributed by atoms with Crippen molar-refractivity contribution in [2.24, 2.45) is 5.41 Å². The molecule has 1 aliphatic heterocycles. The van der Waals surface area contributed by atoms with Gasteiger partial charge in [-0.3, -0.25) is 4.79 Å². The predicted molar refractivity (Wildman–Crippen MR) is 123 cm³/mol. The Kier molecular flexibility index (Phi) is 4.55. The molecule has 3 aromatic rings. The van der Waals surface area contributed by atoms with Gasteiger partial charge in [0.2, 0.25) is 0 Å². The van der Waals surface area contributed by atoms with Crippen LogP contribution in [0.5, 0.6) is 5.75 Å². The number of rotatable bonds is 3. The van der Waals surface area contributed by atoms with E-state index in [0.717, 1.165) is 45.2 Å². The quantitative estimate of drug-likeness (QED) is 0.573. The van der Waals surface area contributed by atoms with E-state index in [1.165, 1.54) is 0 Å². The summed E-state index contributed by atoms with van der Waals surface area (Å²) in [5.74, 6) is 0.812. The Morgan fingerprint density at radius 2 is 1.84 bits per heavy atom. The lowest BCUT2D eigenvalue weighted by atomic mass is 9.68. The van der Waals surface area contributed by atoms with E-state index in [4.69, 9.17) is 10.00 Å². The minimum Gasteiger partial charge on any atom is -0.478 e. The van der Waals surface area contributed by atoms with Crippen LogP contribution >= 0.6 is 0 Å². The van der Waals surface area contributed by atoms with Gasteiger partial charge in [-0.2, -0.15) is 5.26 Å². The highest BCUT2D eigenvalue weighted by molar-refractivity contribution is 6.12. The number of Topliss-reactive ketones (excluding diaryl/α,β-unsaturated/α-hetero) is 1. The van der Waals surface area contributed by atoms with Crippen LogP contribution in [0.15, 0.2) is 66.2 Å². The summed E-state index contributed by atoms with van der Waals surface area (Å²) >= 11 is 0. The molecule has 0 saturated carbocycles. The fourth-order valence-electron chi connectivity index (χ4n) is 5.00. The van der Waals surface area contributed by atoms with Crippen molar-refractivity contribution in [3.8, 4) is 11.8 Å². The van der Waals surface area contributed by atoms with Gasteiger partial charge < -0.3 is 10.1 Å². The van der Waals surface area contributed by atoms with E-state index in [1.54, 1.807) is 0 Å². The fraction of sp³-hybridized carbons (Fsp3) is 0.259. The van der Waals surface area contributed by atoms with Crippen molar-refractivity contribution in [3.05, 3.63) is 77.4 Å². The first-order valence-corrected chi connectivity index (χ1v) is 10.6. The normalized spacial score (nSPS) is 19.3. The minimum absolute atomic E-state index is 0.0316. The standard InChI is InChI=1S/C27H24N2O2/c1-27(2)15-21-19-12-11-17-7-3-4-8-18(17)25(19)29-26(24(21)22(30)16-27)20-9-5-6-10-23(20)31-14-13-28/h3-12,26,29H,14-16H2,1-2H3/t26-/m1/s1. The van der Waals surface area contributed by atoms with Crippen LogP contribution in [0.2, 0.25) is 0 Å². The number of carbonyl (C=O) groups excluding carboxylic acids is 1. The molecule has 4 heteroatoms. The monoisotopic (exact) mass is 408 g/mol. The summed E-state index contributed by atoms with van der Waals surface area (Å²) < 4.78 is 5.74. The van der Waals surface area contributed by atoms with E-state index in [2.05, 4.69) is 43.4 Å². The molecule has 0 bridgehead atoms. The summed E-state index contributed by atoms with van der Waals surface area (Å²) in [7, 11) is 0. The summed E-state index contributed by atoms with van der Waals surface area (Å²) in [4.78, 5) is 13.4. The molecule has 1 heterocycles. The van der Waals surface area contributed by atoms with E-state index in [-0.39, 0.29) is 23.8 Å². The maximum atomic E-state index is 13.4. The number of nitriles is 1. The average molecular weight is 409 g/mol. The Labute approximate surface area is 182 Å². The second-order valence-corrected chi connectivity index (χ2v) is 9.10. The topological polar surface area (TPSA) is 62.1 Å². The maximum Gasteiger partial charge on any atom is 0.174 e. The van der Waals surface area contributed by atoms with Gasteiger partial charge in [0.05, 0.1) is 11.7 Å². The predicted octanol–water partition coefficient (Wildman–Crippen LogP) is 6.05. The lowest BCUT2D eigenvalue weighted by Crippen LogP contribution is -2.33. The van der Waals surface area contributed by atoms with E-state index in [1.807, 2.05) is 42.5 Å². The number of ether oxygens (including phenoxy) is 1. The van der Waals surface area contributed by atoms with Crippen LogP contribution < -0.4 is 10.1 Å². The number of hydrogen-bond donors (Lipinski definition) is 1. The van der Waals surface area contributed by atoms with Gasteiger partial charge in [0.15, 0.2) is 12.4 Å². The zero-order valence-corrected chi connectivity index (χ0v) is 17.7. The van der Waals surface area contributed by atoms with Crippen LogP contribution in [0.25, 0.3) is 16.3 Å². The molecule has 5 rings (SSSR count). The third kappa shape index (κ3) is 3.27. The lowest BCUT2D eigenvalue weighted by molar-refractivity contribution is -0.118. The van der Waals surface area contributed by atoms with Crippen molar-refractivity contribution >= 4 is 27.8 Å². The first-order chi connectivity index (χ1) is 15.0. The first-order valence-electron chi connectivity index (χ1n) is 10.6. The Bertz CT molecular complexity index is 1280. The van der Waals surface area contributed by atoms with Crippen LogP contribution in [-0.2, 0) is 4.79 Å². The Balaban J connectivity index is 1.76. The first kappa shape index (κ1) is 19.4. The molecule has 1 aliphatic carbocycles. The highest BCUT2D eigenvalue weighted by Crippen LogP contribution is 2.52. The minimum atomic E-state index is -0.313. The lowest BCUT2D eigenvalue weighted by Gasteiger charge is -2.40. The van der Waals surface area contributed by atoms with Crippen LogP contribution in [0.3, 0.4) is 0 Å². The molecule has 0 fully saturated rings. The van der Waals surface area contributed by atoms with Gasteiger partial charge in [-0.15, -0.1) is 0 Å². The van der Waals surface area contributed by atoms with E-state index < -0.39 is 0 Å². The molecule has 31 heavy (non-hydrogen) atoms. The van der Waals surface area contributed by atoms with Gasteiger partial charge in [0, 0.05) is 28.5 Å². The second kappa shape index (κ2) is 7.28. The number of fused-ring (bicyclic) bond motifs is 4. The highest BCUT2D eigenvalue weighted by Gasteiger charge is 2.41. The number of ketones is 1. The number of carbonyl (C=O) groups is 1. The molecular weight excluding hydrogens is 384 g/mol. The number of hydrogen-bond acceptors (Lipinski definition) is 4. The maximum absolute atomic E-state index is 13.4. The van der Waals surface area contributed by atoms with Gasteiger partial charge in [-0.05, 0) is 28.9 Å². The Hall–Kier alpha value is -3.58. The smallest absolute Gasteiger partial charge is 0.174 e. The fourth-order valence-corrected chi connectivity index (χ4v) is 5.00. The Morgan fingerprint density at radius 3 is 2.68 bits per heavy atom. The summed E-state index contributed by atoms with van der Waals surface area (Å²) in [6.07, 6.45) is 1.37. The third-order valence-electron chi connectivity index (χ3n) is 6.27. The van der Waals surface area contributed by atoms with Crippen molar-refractivity contribution in [1.82, 2.24) is 0 Å². The Morgan fingerprint density at radius 1 is 1.06 bits per heavy atom. The summed E-state index contributed by atoms with van der Waals surface area (Å²) in [5, 5.41) is 15.0. The third-order valence-corrected chi connectivity index (χ3v) is 6.27. The molecule has 0 aromatic heterocycles. The van der Waals surface area contributed by atoms with E-state index in [9.17, 15) is 4.79 Å². The molecule has 0 spiro atoms. The molecule has 0 saturated heterocycles. The molecule has 1 atom stereocenters. The van der Waals surface area contributed by atoms with Crippen LogP contribution in [-0.4, -0.2) is 12.4 Å². The molecular formula is C27H24N2O2. The van der Waals surface area contributed by atoms with Gasteiger partial charge >= 0.3 is 0 Å². The largest absolute Gasteiger partial charge is 0.478 e. The van der Waals surface area contributed by atoms with Gasteiger partial charge in [0.25, 0.3) is 0 Å². The van der Waals surface area contributed by atoms with E-state index in [0.29, 0.717) is 12.2 Å². The van der Waals surface area contributed by atoms with Crippen LogP contribution in [0.4, 0.5) is 5.69 Å². The zero-order chi connectivity index (χ0) is 21.6. The van der Waals surface area contributed by atoms with Gasteiger partial charge in [0.1, 0.15) is 11.8 Å².